The average molecular weight is 336 g/mol. The van der Waals surface area contributed by atoms with E-state index in [0.717, 1.165) is 37.4 Å². The van der Waals surface area contributed by atoms with Crippen molar-refractivity contribution in [2.24, 2.45) is 0 Å². The van der Waals surface area contributed by atoms with Crippen LogP contribution in [-0.4, -0.2) is 21.4 Å². The Morgan fingerprint density at radius 3 is 2.86 bits per heavy atom. The normalized spacial score (nSPS) is 15.1. The number of rotatable bonds is 3. The van der Waals surface area contributed by atoms with Gasteiger partial charge in [-0.05, 0) is 11.6 Å². The van der Waals surface area contributed by atoms with E-state index in [-0.39, 0.29) is 0 Å². The molecule has 0 spiro atoms. The van der Waals surface area contributed by atoms with Gasteiger partial charge < -0.3 is 0 Å². The predicted octanol–water partition coefficient (Wildman–Crippen LogP) is 4.47. The summed E-state index contributed by atoms with van der Waals surface area (Å²) in [6.45, 7) is 6.88. The molecule has 0 atom stereocenters. The average Bonchev–Trinajstić information content (AvgIpc) is 2.51. The van der Waals surface area contributed by atoms with Crippen molar-refractivity contribution in [2.45, 2.75) is 39.3 Å². The Kier molecular flexibility index (Phi) is 4.67. The lowest BCUT2D eigenvalue weighted by molar-refractivity contribution is 0.242. The van der Waals surface area contributed by atoms with Gasteiger partial charge in [-0.3, -0.25) is 4.90 Å². The number of aromatic nitrogens is 2. The van der Waals surface area contributed by atoms with Crippen molar-refractivity contribution in [3.05, 3.63) is 57.1 Å². The van der Waals surface area contributed by atoms with Crippen LogP contribution in [0.25, 0.3) is 0 Å². The highest BCUT2D eigenvalue weighted by molar-refractivity contribution is 6.42. The predicted molar refractivity (Wildman–Crippen MR) is 90.4 cm³/mol. The summed E-state index contributed by atoms with van der Waals surface area (Å²) in [5, 5.41) is 1.27. The van der Waals surface area contributed by atoms with Crippen LogP contribution >= 0.6 is 23.2 Å². The van der Waals surface area contributed by atoms with Crippen LogP contribution in [0, 0.1) is 0 Å². The molecule has 0 radical (unpaired) electrons. The van der Waals surface area contributed by atoms with E-state index >= 15 is 0 Å². The molecule has 0 fully saturated rings. The Bertz CT molecular complexity index is 686. The molecule has 0 saturated carbocycles. The molecule has 1 aromatic carbocycles. The van der Waals surface area contributed by atoms with Gasteiger partial charge in [0, 0.05) is 49.4 Å². The maximum Gasteiger partial charge on any atom is 0.131 e. The Morgan fingerprint density at radius 2 is 2.09 bits per heavy atom. The fourth-order valence-electron chi connectivity index (χ4n) is 2.71. The number of hydrogen-bond donors (Lipinski definition) is 0. The summed E-state index contributed by atoms with van der Waals surface area (Å²) >= 11 is 12.4. The number of fused-ring (bicyclic) bond motifs is 1. The summed E-state index contributed by atoms with van der Waals surface area (Å²) < 4.78 is 0. The van der Waals surface area contributed by atoms with Crippen LogP contribution in [-0.2, 0) is 19.5 Å². The van der Waals surface area contributed by atoms with Gasteiger partial charge in [-0.2, -0.15) is 0 Å². The highest BCUT2D eigenvalue weighted by Gasteiger charge is 2.20. The molecule has 3 nitrogen and oxygen atoms in total. The molecule has 0 saturated heterocycles. The molecule has 1 aliphatic rings. The first kappa shape index (κ1) is 15.7. The minimum atomic E-state index is 0.369. The zero-order chi connectivity index (χ0) is 15.7. The van der Waals surface area contributed by atoms with Crippen LogP contribution in [0.4, 0.5) is 0 Å². The van der Waals surface area contributed by atoms with Gasteiger partial charge in [-0.15, -0.1) is 0 Å². The lowest BCUT2D eigenvalue weighted by Gasteiger charge is -2.28. The highest BCUT2D eigenvalue weighted by Crippen LogP contribution is 2.28. The van der Waals surface area contributed by atoms with Crippen molar-refractivity contribution in [2.75, 3.05) is 6.54 Å². The SMILES string of the molecule is CC(C)c1ncc2c(n1)CCN(Cc1cccc(Cl)c1Cl)C2. The van der Waals surface area contributed by atoms with Gasteiger partial charge in [0.05, 0.1) is 10.0 Å². The van der Waals surface area contributed by atoms with Crippen molar-refractivity contribution in [3.63, 3.8) is 0 Å². The Labute approximate surface area is 141 Å². The fourth-order valence-corrected chi connectivity index (χ4v) is 3.09. The minimum Gasteiger partial charge on any atom is -0.294 e. The van der Waals surface area contributed by atoms with Gasteiger partial charge in [0.1, 0.15) is 5.82 Å². The molecule has 22 heavy (non-hydrogen) atoms. The van der Waals surface area contributed by atoms with Crippen LogP contribution in [0.5, 0.6) is 0 Å². The number of hydrogen-bond acceptors (Lipinski definition) is 3. The molecule has 2 aromatic rings. The second-order valence-corrected chi connectivity index (χ2v) is 6.81. The molecule has 0 bridgehead atoms. The third kappa shape index (κ3) is 3.27. The molecule has 0 unspecified atom stereocenters. The lowest BCUT2D eigenvalue weighted by atomic mass is 10.1. The molecule has 3 rings (SSSR count). The fraction of sp³-hybridized carbons (Fsp3) is 0.412. The third-order valence-electron chi connectivity index (χ3n) is 3.97. The van der Waals surface area contributed by atoms with E-state index in [4.69, 9.17) is 28.2 Å². The van der Waals surface area contributed by atoms with Crippen molar-refractivity contribution < 1.29 is 0 Å². The molecule has 1 aliphatic heterocycles. The van der Waals surface area contributed by atoms with E-state index in [1.165, 1.54) is 11.3 Å². The molecular formula is C17H19Cl2N3. The summed E-state index contributed by atoms with van der Waals surface area (Å²) in [7, 11) is 0. The topological polar surface area (TPSA) is 29.0 Å². The van der Waals surface area contributed by atoms with Crippen LogP contribution in [0.15, 0.2) is 24.4 Å². The summed E-state index contributed by atoms with van der Waals surface area (Å²) in [6, 6.07) is 5.79. The second kappa shape index (κ2) is 6.53. The minimum absolute atomic E-state index is 0.369. The van der Waals surface area contributed by atoms with E-state index in [1.54, 1.807) is 0 Å². The maximum atomic E-state index is 6.28. The van der Waals surface area contributed by atoms with Crippen molar-refractivity contribution in [1.29, 1.82) is 0 Å². The molecule has 116 valence electrons. The first-order valence-electron chi connectivity index (χ1n) is 7.54. The lowest BCUT2D eigenvalue weighted by Crippen LogP contribution is -2.31. The summed E-state index contributed by atoms with van der Waals surface area (Å²) in [4.78, 5) is 11.5. The summed E-state index contributed by atoms with van der Waals surface area (Å²) in [5.41, 5.74) is 3.47. The maximum absolute atomic E-state index is 6.28. The first-order valence-corrected chi connectivity index (χ1v) is 8.30. The van der Waals surface area contributed by atoms with Gasteiger partial charge >= 0.3 is 0 Å². The van der Waals surface area contributed by atoms with E-state index in [2.05, 4.69) is 23.7 Å². The molecule has 1 aromatic heterocycles. The third-order valence-corrected chi connectivity index (χ3v) is 4.83. The Balaban J connectivity index is 1.76. The van der Waals surface area contributed by atoms with E-state index < -0.39 is 0 Å². The summed E-state index contributed by atoms with van der Waals surface area (Å²) in [5.74, 6) is 1.30. The smallest absolute Gasteiger partial charge is 0.131 e. The van der Waals surface area contributed by atoms with Gasteiger partial charge in [0.2, 0.25) is 0 Å². The van der Waals surface area contributed by atoms with Crippen LogP contribution in [0.3, 0.4) is 0 Å². The second-order valence-electron chi connectivity index (χ2n) is 6.03. The molecule has 5 heteroatoms. The molecule has 0 aliphatic carbocycles. The molecule has 0 amide bonds. The molecule has 2 heterocycles. The number of nitrogens with zero attached hydrogens (tertiary/aromatic N) is 3. The standard InChI is InChI=1S/C17H19Cl2N3/c1-11(2)17-20-8-13-10-22(7-6-15(13)21-17)9-12-4-3-5-14(18)16(12)19/h3-5,8,11H,6-7,9-10H2,1-2H3. The van der Waals surface area contributed by atoms with Crippen LogP contribution in [0.1, 0.15) is 42.4 Å². The van der Waals surface area contributed by atoms with E-state index in [9.17, 15) is 0 Å². The highest BCUT2D eigenvalue weighted by atomic mass is 35.5. The van der Waals surface area contributed by atoms with E-state index in [1.807, 2.05) is 24.4 Å². The van der Waals surface area contributed by atoms with Gasteiger partial charge in [0.15, 0.2) is 0 Å². The first-order chi connectivity index (χ1) is 10.5. The van der Waals surface area contributed by atoms with Crippen LogP contribution < -0.4 is 0 Å². The number of benzene rings is 1. The van der Waals surface area contributed by atoms with Crippen LogP contribution in [0.2, 0.25) is 10.0 Å². The zero-order valence-corrected chi connectivity index (χ0v) is 14.3. The van der Waals surface area contributed by atoms with Crippen molar-refractivity contribution in [1.82, 2.24) is 14.9 Å². The quantitative estimate of drug-likeness (QED) is 0.828. The van der Waals surface area contributed by atoms with E-state index in [0.29, 0.717) is 16.0 Å². The van der Waals surface area contributed by atoms with Crippen molar-refractivity contribution >= 4 is 23.2 Å². The molecule has 0 N–H and O–H groups in total. The molecular weight excluding hydrogens is 317 g/mol. The van der Waals surface area contributed by atoms with Gasteiger partial charge in [-0.1, -0.05) is 49.2 Å². The Morgan fingerprint density at radius 1 is 1.27 bits per heavy atom. The largest absolute Gasteiger partial charge is 0.294 e. The Hall–Kier alpha value is -1.16. The van der Waals surface area contributed by atoms with Crippen molar-refractivity contribution in [3.8, 4) is 0 Å². The van der Waals surface area contributed by atoms with Gasteiger partial charge in [0.25, 0.3) is 0 Å². The zero-order valence-electron chi connectivity index (χ0n) is 12.8. The van der Waals surface area contributed by atoms with Gasteiger partial charge in [-0.25, -0.2) is 9.97 Å². The number of halogens is 2. The monoisotopic (exact) mass is 335 g/mol. The summed E-state index contributed by atoms with van der Waals surface area (Å²) in [6.07, 6.45) is 2.93.